The standard InChI is InChI=1S/C19H25F3N2O3/c1-2-13(10-25)17(26)24-11-18(12-24)6-3-15(4-7-18)27-16-9-14(5-8-23-16)19(20,21)22/h5,8-9,13,15,25H,2-4,6-7,10-12H2,1H3/t13-/m1/s1. The number of hydrogen-bond donors (Lipinski definition) is 1. The number of carbonyl (C=O) groups is 1. The average molecular weight is 386 g/mol. The van der Waals surface area contributed by atoms with E-state index in [1.165, 1.54) is 0 Å². The quantitative estimate of drug-likeness (QED) is 0.844. The Morgan fingerprint density at radius 1 is 1.41 bits per heavy atom. The van der Waals surface area contributed by atoms with Gasteiger partial charge in [0, 0.05) is 30.8 Å². The third kappa shape index (κ3) is 4.36. The van der Waals surface area contributed by atoms with Gasteiger partial charge in [0.25, 0.3) is 0 Å². The van der Waals surface area contributed by atoms with Crippen molar-refractivity contribution in [1.29, 1.82) is 0 Å². The first kappa shape index (κ1) is 19.9. The Hall–Kier alpha value is -1.83. The van der Waals surface area contributed by atoms with Crippen LogP contribution in [0.4, 0.5) is 13.2 Å². The van der Waals surface area contributed by atoms with E-state index in [0.717, 1.165) is 44.0 Å². The Morgan fingerprint density at radius 3 is 2.63 bits per heavy atom. The lowest BCUT2D eigenvalue weighted by Gasteiger charge is -2.54. The number of carbonyl (C=O) groups excluding carboxylic acids is 1. The molecule has 1 aliphatic carbocycles. The molecule has 1 N–H and O–H groups in total. The topological polar surface area (TPSA) is 62.7 Å². The van der Waals surface area contributed by atoms with E-state index in [0.29, 0.717) is 19.5 Å². The van der Waals surface area contributed by atoms with Crippen LogP contribution < -0.4 is 4.74 Å². The van der Waals surface area contributed by atoms with Crippen LogP contribution in [0.3, 0.4) is 0 Å². The number of amides is 1. The maximum absolute atomic E-state index is 12.8. The molecule has 5 nitrogen and oxygen atoms in total. The second kappa shape index (κ2) is 7.66. The summed E-state index contributed by atoms with van der Waals surface area (Å²) in [7, 11) is 0. The van der Waals surface area contributed by atoms with Crippen molar-refractivity contribution in [1.82, 2.24) is 9.88 Å². The highest BCUT2D eigenvalue weighted by molar-refractivity contribution is 5.80. The number of aliphatic hydroxyl groups is 1. The second-order valence-corrected chi connectivity index (χ2v) is 7.68. The van der Waals surface area contributed by atoms with Gasteiger partial charge in [0.15, 0.2) is 0 Å². The minimum absolute atomic E-state index is 0.00456. The SMILES string of the molecule is CC[C@H](CO)C(=O)N1CC2(CCC(Oc3cc(C(F)(F)F)ccn3)CC2)C1. The Balaban J connectivity index is 1.50. The molecular formula is C19H25F3N2O3. The number of pyridine rings is 1. The maximum atomic E-state index is 12.8. The van der Waals surface area contributed by atoms with Crippen molar-refractivity contribution >= 4 is 5.91 Å². The molecular weight excluding hydrogens is 361 g/mol. The van der Waals surface area contributed by atoms with Gasteiger partial charge < -0.3 is 14.7 Å². The first-order valence-corrected chi connectivity index (χ1v) is 9.36. The number of nitrogens with zero attached hydrogens (tertiary/aromatic N) is 2. The zero-order valence-electron chi connectivity index (χ0n) is 15.3. The summed E-state index contributed by atoms with van der Waals surface area (Å²) in [5.41, 5.74) is -0.674. The maximum Gasteiger partial charge on any atom is 0.416 e. The van der Waals surface area contributed by atoms with E-state index in [4.69, 9.17) is 4.74 Å². The molecule has 1 saturated heterocycles. The largest absolute Gasteiger partial charge is 0.474 e. The van der Waals surface area contributed by atoms with Gasteiger partial charge in [-0.3, -0.25) is 4.79 Å². The second-order valence-electron chi connectivity index (χ2n) is 7.68. The van der Waals surface area contributed by atoms with Crippen LogP contribution in [0.5, 0.6) is 5.88 Å². The summed E-state index contributed by atoms with van der Waals surface area (Å²) >= 11 is 0. The fourth-order valence-electron chi connectivity index (χ4n) is 4.02. The number of likely N-dealkylation sites (tertiary alicyclic amines) is 1. The molecule has 1 saturated carbocycles. The lowest BCUT2D eigenvalue weighted by atomic mass is 9.67. The molecule has 0 radical (unpaired) electrons. The Morgan fingerprint density at radius 2 is 2.07 bits per heavy atom. The summed E-state index contributed by atoms with van der Waals surface area (Å²) in [5, 5.41) is 9.27. The molecule has 1 spiro atoms. The van der Waals surface area contributed by atoms with E-state index >= 15 is 0 Å². The van der Waals surface area contributed by atoms with Gasteiger partial charge in [-0.1, -0.05) is 6.92 Å². The minimum atomic E-state index is -4.41. The lowest BCUT2D eigenvalue weighted by Crippen LogP contribution is -2.61. The van der Waals surface area contributed by atoms with Gasteiger partial charge in [0.1, 0.15) is 6.10 Å². The van der Waals surface area contributed by atoms with Crippen LogP contribution in [0.1, 0.15) is 44.6 Å². The molecule has 1 amide bonds. The van der Waals surface area contributed by atoms with Gasteiger partial charge in [-0.15, -0.1) is 0 Å². The van der Waals surface area contributed by atoms with Gasteiger partial charge in [0.2, 0.25) is 11.8 Å². The van der Waals surface area contributed by atoms with Crippen LogP contribution in [0.25, 0.3) is 0 Å². The molecule has 1 atom stereocenters. The first-order chi connectivity index (χ1) is 12.8. The van der Waals surface area contributed by atoms with Crippen molar-refractivity contribution in [3.05, 3.63) is 23.9 Å². The smallest absolute Gasteiger partial charge is 0.416 e. The third-order valence-corrected chi connectivity index (χ3v) is 5.77. The molecule has 150 valence electrons. The van der Waals surface area contributed by atoms with Crippen LogP contribution >= 0.6 is 0 Å². The van der Waals surface area contributed by atoms with Crippen LogP contribution in [-0.2, 0) is 11.0 Å². The molecule has 0 unspecified atom stereocenters. The summed E-state index contributed by atoms with van der Waals surface area (Å²) in [4.78, 5) is 18.0. The summed E-state index contributed by atoms with van der Waals surface area (Å²) in [6.45, 7) is 3.14. The predicted molar refractivity (Wildman–Crippen MR) is 92.0 cm³/mol. The van der Waals surface area contributed by atoms with Crippen LogP contribution in [0, 0.1) is 11.3 Å². The Bertz CT molecular complexity index is 660. The molecule has 8 heteroatoms. The van der Waals surface area contributed by atoms with Gasteiger partial charge in [-0.2, -0.15) is 13.2 Å². The zero-order chi connectivity index (χ0) is 19.7. The van der Waals surface area contributed by atoms with E-state index in [2.05, 4.69) is 4.98 Å². The molecule has 1 aliphatic heterocycles. The monoisotopic (exact) mass is 386 g/mol. The molecule has 0 aromatic carbocycles. The number of aliphatic hydroxyl groups excluding tert-OH is 1. The summed E-state index contributed by atoms with van der Waals surface area (Å²) in [6.07, 6.45) is 0.380. The lowest BCUT2D eigenvalue weighted by molar-refractivity contribution is -0.152. The first-order valence-electron chi connectivity index (χ1n) is 9.36. The van der Waals surface area contributed by atoms with E-state index < -0.39 is 11.7 Å². The fourth-order valence-corrected chi connectivity index (χ4v) is 4.02. The van der Waals surface area contributed by atoms with Crippen molar-refractivity contribution in [2.24, 2.45) is 11.3 Å². The molecule has 3 rings (SSSR count). The Kier molecular flexibility index (Phi) is 5.65. The highest BCUT2D eigenvalue weighted by atomic mass is 19.4. The van der Waals surface area contributed by atoms with Crippen LogP contribution in [-0.4, -0.2) is 46.7 Å². The number of halogens is 3. The van der Waals surface area contributed by atoms with E-state index in [-0.39, 0.29) is 35.8 Å². The van der Waals surface area contributed by atoms with Crippen molar-refractivity contribution < 1.29 is 27.8 Å². The molecule has 27 heavy (non-hydrogen) atoms. The zero-order valence-corrected chi connectivity index (χ0v) is 15.3. The van der Waals surface area contributed by atoms with Crippen molar-refractivity contribution in [2.45, 2.75) is 51.3 Å². The fraction of sp³-hybridized carbons (Fsp3) is 0.684. The normalized spacial score (nSPS) is 21.0. The summed E-state index contributed by atoms with van der Waals surface area (Å²) in [5.74, 6) is -0.309. The van der Waals surface area contributed by atoms with Crippen molar-refractivity contribution in [3.63, 3.8) is 0 Å². The van der Waals surface area contributed by atoms with E-state index in [1.807, 2.05) is 6.92 Å². The highest BCUT2D eigenvalue weighted by Crippen LogP contribution is 2.45. The molecule has 2 aliphatic rings. The third-order valence-electron chi connectivity index (χ3n) is 5.77. The minimum Gasteiger partial charge on any atom is -0.474 e. The molecule has 1 aromatic rings. The molecule has 1 aromatic heterocycles. The van der Waals surface area contributed by atoms with Gasteiger partial charge >= 0.3 is 6.18 Å². The van der Waals surface area contributed by atoms with Crippen LogP contribution in [0.2, 0.25) is 0 Å². The number of alkyl halides is 3. The summed E-state index contributed by atoms with van der Waals surface area (Å²) < 4.78 is 44.0. The number of aromatic nitrogens is 1. The number of ether oxygens (including phenoxy) is 1. The van der Waals surface area contributed by atoms with Crippen molar-refractivity contribution in [3.8, 4) is 5.88 Å². The summed E-state index contributed by atoms with van der Waals surface area (Å²) in [6, 6.07) is 1.87. The molecule has 2 heterocycles. The van der Waals surface area contributed by atoms with Crippen LogP contribution in [0.15, 0.2) is 18.3 Å². The van der Waals surface area contributed by atoms with Gasteiger partial charge in [-0.25, -0.2) is 4.98 Å². The van der Waals surface area contributed by atoms with E-state index in [1.54, 1.807) is 4.90 Å². The Labute approximate surface area is 156 Å². The average Bonchev–Trinajstić information content (AvgIpc) is 2.61. The van der Waals surface area contributed by atoms with E-state index in [9.17, 15) is 23.1 Å². The van der Waals surface area contributed by atoms with Crippen molar-refractivity contribution in [2.75, 3.05) is 19.7 Å². The molecule has 0 bridgehead atoms. The highest BCUT2D eigenvalue weighted by Gasteiger charge is 2.48. The number of hydrogen-bond acceptors (Lipinski definition) is 4. The molecule has 2 fully saturated rings. The van der Waals surface area contributed by atoms with Gasteiger partial charge in [-0.05, 0) is 38.2 Å². The number of rotatable bonds is 5. The predicted octanol–water partition coefficient (Wildman–Crippen LogP) is 3.27. The van der Waals surface area contributed by atoms with Gasteiger partial charge in [0.05, 0.1) is 18.1 Å².